The number of aliphatic hydroxyl groups is 1. The molecule has 4 aliphatic rings. The maximum absolute atomic E-state index is 14.3. The molecule has 1 aromatic rings. The van der Waals surface area contributed by atoms with Crippen molar-refractivity contribution in [3.8, 4) is 0 Å². The van der Waals surface area contributed by atoms with Crippen molar-refractivity contribution in [3.63, 3.8) is 0 Å². The number of allylic oxidation sites excluding steroid dienone is 1. The lowest BCUT2D eigenvalue weighted by Crippen LogP contribution is -2.53. The standard InChI is InChI=1S/C26H29ClN2O5S/c1-16-8-5-9-17(27)21(16)28-12-6-11-26-20(23(31)29(13-7-14-30)22(26)24(28)32)19-18(35-26)10-3-2-4-15-34-25(19)33/h3,5-6,8-11,18-20,22,30H,2,4,7,12-15H2,1H3/b10-3-/t18-,19+,20-,22?,26-/m0/s1. The molecular weight excluding hydrogens is 488 g/mol. The van der Waals surface area contributed by atoms with Crippen LogP contribution in [-0.4, -0.2) is 70.1 Å². The number of amides is 2. The van der Waals surface area contributed by atoms with Crippen molar-refractivity contribution in [1.82, 2.24) is 4.90 Å². The Morgan fingerprint density at radius 3 is 2.83 bits per heavy atom. The van der Waals surface area contributed by atoms with Gasteiger partial charge in [-0.15, -0.1) is 11.8 Å². The molecule has 4 heterocycles. The Morgan fingerprint density at radius 1 is 1.23 bits per heavy atom. The van der Waals surface area contributed by atoms with E-state index in [0.717, 1.165) is 18.4 Å². The number of nitrogens with zero attached hydrogens (tertiary/aromatic N) is 2. The number of aliphatic hydroxyl groups excluding tert-OH is 1. The second-order valence-electron chi connectivity index (χ2n) is 9.45. The van der Waals surface area contributed by atoms with E-state index in [4.69, 9.17) is 16.3 Å². The van der Waals surface area contributed by atoms with Crippen LogP contribution in [0.25, 0.3) is 0 Å². The number of benzene rings is 1. The molecule has 1 aromatic carbocycles. The van der Waals surface area contributed by atoms with E-state index >= 15 is 0 Å². The number of hydrogen-bond donors (Lipinski definition) is 1. The van der Waals surface area contributed by atoms with E-state index in [9.17, 15) is 19.5 Å². The molecule has 7 nitrogen and oxygen atoms in total. The largest absolute Gasteiger partial charge is 0.465 e. The Bertz CT molecular complexity index is 1090. The Labute approximate surface area is 214 Å². The molecule has 5 rings (SSSR count). The minimum Gasteiger partial charge on any atom is -0.465 e. The summed E-state index contributed by atoms with van der Waals surface area (Å²) in [5.74, 6) is -2.23. The van der Waals surface area contributed by atoms with Gasteiger partial charge in [0.1, 0.15) is 6.04 Å². The molecule has 0 aliphatic carbocycles. The molecular formula is C26H29ClN2O5S. The number of ether oxygens (including phenoxy) is 1. The van der Waals surface area contributed by atoms with Crippen LogP contribution in [0.15, 0.2) is 42.5 Å². The normalized spacial score (nSPS) is 33.3. The number of aryl methyl sites for hydroxylation is 1. The Kier molecular flexibility index (Phi) is 6.72. The van der Waals surface area contributed by atoms with Crippen molar-refractivity contribution in [3.05, 3.63) is 53.1 Å². The van der Waals surface area contributed by atoms with Crippen LogP contribution in [0.4, 0.5) is 5.69 Å². The van der Waals surface area contributed by atoms with E-state index in [0.29, 0.717) is 30.3 Å². The molecule has 0 aromatic heterocycles. The molecule has 1 unspecified atom stereocenters. The van der Waals surface area contributed by atoms with Crippen molar-refractivity contribution in [2.75, 3.05) is 31.2 Å². The first-order chi connectivity index (χ1) is 16.9. The highest BCUT2D eigenvalue weighted by Crippen LogP contribution is 2.61. The lowest BCUT2D eigenvalue weighted by atomic mass is 9.78. The van der Waals surface area contributed by atoms with Crippen LogP contribution in [0, 0.1) is 18.8 Å². The molecule has 2 fully saturated rings. The monoisotopic (exact) mass is 516 g/mol. The van der Waals surface area contributed by atoms with Gasteiger partial charge in [0, 0.05) is 24.9 Å². The third kappa shape index (κ3) is 3.90. The van der Waals surface area contributed by atoms with Crippen molar-refractivity contribution >= 4 is 46.8 Å². The average molecular weight is 517 g/mol. The highest BCUT2D eigenvalue weighted by molar-refractivity contribution is 8.02. The van der Waals surface area contributed by atoms with Crippen LogP contribution in [-0.2, 0) is 19.1 Å². The molecule has 2 amide bonds. The van der Waals surface area contributed by atoms with Gasteiger partial charge in [-0.2, -0.15) is 0 Å². The number of fused-ring (bicyclic) bond motifs is 2. The maximum Gasteiger partial charge on any atom is 0.311 e. The van der Waals surface area contributed by atoms with Crippen LogP contribution < -0.4 is 4.90 Å². The molecule has 0 bridgehead atoms. The Morgan fingerprint density at radius 2 is 2.06 bits per heavy atom. The quantitative estimate of drug-likeness (QED) is 0.489. The molecule has 0 saturated carbocycles. The molecule has 1 N–H and O–H groups in total. The summed E-state index contributed by atoms with van der Waals surface area (Å²) in [6, 6.07) is 4.68. The number of anilines is 1. The van der Waals surface area contributed by atoms with E-state index < -0.39 is 22.6 Å². The molecule has 35 heavy (non-hydrogen) atoms. The topological polar surface area (TPSA) is 87.2 Å². The minimum atomic E-state index is -0.911. The fourth-order valence-electron chi connectivity index (χ4n) is 5.90. The van der Waals surface area contributed by atoms with Crippen molar-refractivity contribution in [1.29, 1.82) is 0 Å². The van der Waals surface area contributed by atoms with Gasteiger partial charge in [-0.05, 0) is 37.8 Å². The van der Waals surface area contributed by atoms with E-state index in [-0.39, 0.29) is 36.2 Å². The fourth-order valence-corrected chi connectivity index (χ4v) is 8.23. The zero-order valence-corrected chi connectivity index (χ0v) is 21.1. The number of cyclic esters (lactones) is 1. The predicted molar refractivity (Wildman–Crippen MR) is 135 cm³/mol. The van der Waals surface area contributed by atoms with Gasteiger partial charge >= 0.3 is 5.97 Å². The van der Waals surface area contributed by atoms with Gasteiger partial charge in [0.05, 0.1) is 33.9 Å². The summed E-state index contributed by atoms with van der Waals surface area (Å²) in [6.07, 6.45) is 9.83. The van der Waals surface area contributed by atoms with E-state index in [1.54, 1.807) is 15.9 Å². The van der Waals surface area contributed by atoms with Crippen molar-refractivity contribution in [2.24, 2.45) is 11.8 Å². The number of carbonyl (C=O) groups is 3. The smallest absolute Gasteiger partial charge is 0.311 e. The summed E-state index contributed by atoms with van der Waals surface area (Å²) in [6.45, 7) is 2.66. The number of carbonyl (C=O) groups excluding carboxylic acids is 3. The number of thioether (sulfide) groups is 1. The molecule has 1 spiro atoms. The van der Waals surface area contributed by atoms with E-state index in [1.165, 1.54) is 11.8 Å². The van der Waals surface area contributed by atoms with Gasteiger partial charge in [0.15, 0.2) is 0 Å². The van der Waals surface area contributed by atoms with Crippen LogP contribution >= 0.6 is 23.4 Å². The van der Waals surface area contributed by atoms with Gasteiger partial charge < -0.3 is 19.6 Å². The Hall–Kier alpha value is -2.29. The molecule has 2 saturated heterocycles. The Balaban J connectivity index is 1.63. The van der Waals surface area contributed by atoms with Crippen LogP contribution in [0.3, 0.4) is 0 Å². The number of likely N-dealkylation sites (tertiary alicyclic amines) is 1. The summed E-state index contributed by atoms with van der Waals surface area (Å²) in [5.41, 5.74) is 1.49. The zero-order valence-electron chi connectivity index (χ0n) is 19.6. The number of hydrogen-bond acceptors (Lipinski definition) is 6. The molecule has 5 atom stereocenters. The SMILES string of the molecule is Cc1cccc(Cl)c1N1CC=C[C@]23S[C@H]4/C=C\CCCOC(=O)[C@H]4[C@H]2C(=O)N(CCCO)C3C1=O. The molecule has 9 heteroatoms. The number of rotatable bonds is 4. The van der Waals surface area contributed by atoms with Gasteiger partial charge in [0.2, 0.25) is 5.91 Å². The number of para-hydroxylation sites is 1. The first-order valence-electron chi connectivity index (χ1n) is 12.1. The second kappa shape index (κ2) is 9.64. The molecule has 186 valence electrons. The summed E-state index contributed by atoms with van der Waals surface area (Å²) in [5, 5.41) is 9.72. The average Bonchev–Trinajstić information content (AvgIpc) is 3.23. The van der Waals surface area contributed by atoms with Gasteiger partial charge in [-0.25, -0.2) is 0 Å². The summed E-state index contributed by atoms with van der Waals surface area (Å²) in [4.78, 5) is 44.7. The summed E-state index contributed by atoms with van der Waals surface area (Å²) >= 11 is 8.06. The van der Waals surface area contributed by atoms with Crippen LogP contribution in [0.5, 0.6) is 0 Å². The van der Waals surface area contributed by atoms with Gasteiger partial charge in [-0.3, -0.25) is 14.4 Å². The van der Waals surface area contributed by atoms with Gasteiger partial charge in [0.25, 0.3) is 5.91 Å². The zero-order chi connectivity index (χ0) is 24.7. The second-order valence-corrected chi connectivity index (χ2v) is 11.3. The number of halogens is 1. The third-order valence-electron chi connectivity index (χ3n) is 7.37. The highest BCUT2D eigenvalue weighted by Gasteiger charge is 2.71. The van der Waals surface area contributed by atoms with Crippen LogP contribution in [0.2, 0.25) is 5.02 Å². The molecule has 0 radical (unpaired) electrons. The lowest BCUT2D eigenvalue weighted by molar-refractivity contribution is -0.153. The first kappa shape index (κ1) is 24.4. The van der Waals surface area contributed by atoms with E-state index in [2.05, 4.69) is 6.08 Å². The third-order valence-corrected chi connectivity index (χ3v) is 9.42. The maximum atomic E-state index is 14.3. The van der Waals surface area contributed by atoms with Crippen molar-refractivity contribution in [2.45, 2.75) is 42.2 Å². The highest BCUT2D eigenvalue weighted by atomic mass is 35.5. The summed E-state index contributed by atoms with van der Waals surface area (Å²) < 4.78 is 4.65. The summed E-state index contributed by atoms with van der Waals surface area (Å²) in [7, 11) is 0. The fraction of sp³-hybridized carbons (Fsp3) is 0.500. The number of esters is 1. The lowest BCUT2D eigenvalue weighted by Gasteiger charge is -2.35. The van der Waals surface area contributed by atoms with E-state index in [1.807, 2.05) is 37.3 Å². The first-order valence-corrected chi connectivity index (χ1v) is 13.3. The van der Waals surface area contributed by atoms with Crippen LogP contribution in [0.1, 0.15) is 24.8 Å². The minimum absolute atomic E-state index is 0.102. The van der Waals surface area contributed by atoms with Gasteiger partial charge in [-0.1, -0.05) is 48.0 Å². The molecule has 4 aliphatic heterocycles. The van der Waals surface area contributed by atoms with Crippen molar-refractivity contribution < 1.29 is 24.2 Å². The predicted octanol–water partition coefficient (Wildman–Crippen LogP) is 3.12.